The minimum Gasteiger partial charge on any atom is -0.399 e. The zero-order valence-corrected chi connectivity index (χ0v) is 18.1. The van der Waals surface area contributed by atoms with E-state index in [1.165, 1.54) is 100 Å². The lowest BCUT2D eigenvalue weighted by atomic mass is 10.0. The number of hydrogen-bond acceptors (Lipinski definition) is 1. The maximum atomic E-state index is 5.76. The highest BCUT2D eigenvalue weighted by Crippen LogP contribution is 2.16. The summed E-state index contributed by atoms with van der Waals surface area (Å²) in [6.45, 7) is 2.29. The predicted octanol–water partition coefficient (Wildman–Crippen LogP) is 8.10. The van der Waals surface area contributed by atoms with Crippen LogP contribution in [0.1, 0.15) is 101 Å². The standard InChI is InChI=1S/C27H41N/c1-2-3-4-5-6-7-8-9-10-11-12-13-14-24-15-17-25(18-16-24)23-26-19-21-27(28)22-20-26/h15-22H,2-14,23,28H2,1H3. The number of anilines is 1. The highest BCUT2D eigenvalue weighted by atomic mass is 14.5. The van der Waals surface area contributed by atoms with Gasteiger partial charge in [0.15, 0.2) is 0 Å². The van der Waals surface area contributed by atoms with Crippen LogP contribution in [0.3, 0.4) is 0 Å². The van der Waals surface area contributed by atoms with Crippen LogP contribution in [0.5, 0.6) is 0 Å². The molecule has 0 bridgehead atoms. The third kappa shape index (κ3) is 9.97. The molecule has 0 amide bonds. The molecule has 1 heteroatoms. The molecule has 0 aliphatic heterocycles. The van der Waals surface area contributed by atoms with Gasteiger partial charge in [0.05, 0.1) is 0 Å². The van der Waals surface area contributed by atoms with Crippen molar-refractivity contribution in [2.24, 2.45) is 0 Å². The third-order valence-electron chi connectivity index (χ3n) is 5.73. The largest absolute Gasteiger partial charge is 0.399 e. The van der Waals surface area contributed by atoms with Gasteiger partial charge in [0.1, 0.15) is 0 Å². The van der Waals surface area contributed by atoms with E-state index in [-0.39, 0.29) is 0 Å². The fourth-order valence-corrected chi connectivity index (χ4v) is 3.87. The molecule has 0 atom stereocenters. The van der Waals surface area contributed by atoms with E-state index in [0.717, 1.165) is 12.1 Å². The first-order chi connectivity index (χ1) is 13.8. The number of rotatable bonds is 15. The topological polar surface area (TPSA) is 26.0 Å². The number of nitrogens with two attached hydrogens (primary N) is 1. The normalized spacial score (nSPS) is 11.0. The molecule has 0 fully saturated rings. The summed E-state index contributed by atoms with van der Waals surface area (Å²) in [7, 11) is 0. The van der Waals surface area contributed by atoms with Gasteiger partial charge in [-0.25, -0.2) is 0 Å². The van der Waals surface area contributed by atoms with Crippen molar-refractivity contribution in [1.82, 2.24) is 0 Å². The van der Waals surface area contributed by atoms with E-state index in [1.54, 1.807) is 0 Å². The Kier molecular flexibility index (Phi) is 11.5. The van der Waals surface area contributed by atoms with Crippen molar-refractivity contribution in [2.75, 3.05) is 5.73 Å². The van der Waals surface area contributed by atoms with Gasteiger partial charge in [0.2, 0.25) is 0 Å². The number of unbranched alkanes of at least 4 members (excludes halogenated alkanes) is 11. The smallest absolute Gasteiger partial charge is 0.0314 e. The first kappa shape index (κ1) is 22.5. The van der Waals surface area contributed by atoms with Crippen molar-refractivity contribution in [2.45, 2.75) is 96.8 Å². The van der Waals surface area contributed by atoms with Crippen LogP contribution in [0.4, 0.5) is 5.69 Å². The molecule has 0 radical (unpaired) electrons. The molecule has 154 valence electrons. The van der Waals surface area contributed by atoms with Crippen LogP contribution in [0.25, 0.3) is 0 Å². The van der Waals surface area contributed by atoms with E-state index in [2.05, 4.69) is 43.3 Å². The average Bonchev–Trinajstić information content (AvgIpc) is 2.72. The molecule has 0 heterocycles. The van der Waals surface area contributed by atoms with Crippen LogP contribution >= 0.6 is 0 Å². The fraction of sp³-hybridized carbons (Fsp3) is 0.556. The molecule has 0 aromatic heterocycles. The fourth-order valence-electron chi connectivity index (χ4n) is 3.87. The minimum absolute atomic E-state index is 0.835. The van der Waals surface area contributed by atoms with Crippen molar-refractivity contribution < 1.29 is 0 Å². The lowest BCUT2D eigenvalue weighted by molar-refractivity contribution is 0.544. The first-order valence-corrected chi connectivity index (χ1v) is 11.7. The van der Waals surface area contributed by atoms with E-state index in [0.29, 0.717) is 0 Å². The zero-order chi connectivity index (χ0) is 19.9. The van der Waals surface area contributed by atoms with E-state index >= 15 is 0 Å². The molecule has 0 unspecified atom stereocenters. The second-order valence-corrected chi connectivity index (χ2v) is 8.37. The molecule has 2 rings (SSSR count). The molecular formula is C27H41N. The highest BCUT2D eigenvalue weighted by Gasteiger charge is 1.99. The summed E-state index contributed by atoms with van der Waals surface area (Å²) in [6, 6.07) is 17.4. The average molecular weight is 380 g/mol. The summed E-state index contributed by atoms with van der Waals surface area (Å²) in [4.78, 5) is 0. The number of benzene rings is 2. The van der Waals surface area contributed by atoms with Crippen LogP contribution in [0, 0.1) is 0 Å². The monoisotopic (exact) mass is 379 g/mol. The van der Waals surface area contributed by atoms with Gasteiger partial charge in [-0.15, -0.1) is 0 Å². The molecule has 0 spiro atoms. The Bertz CT molecular complexity index is 612. The predicted molar refractivity (Wildman–Crippen MR) is 125 cm³/mol. The van der Waals surface area contributed by atoms with E-state index in [9.17, 15) is 0 Å². The summed E-state index contributed by atoms with van der Waals surface area (Å²) < 4.78 is 0. The van der Waals surface area contributed by atoms with E-state index < -0.39 is 0 Å². The number of hydrogen-bond donors (Lipinski definition) is 1. The van der Waals surface area contributed by atoms with Gasteiger partial charge >= 0.3 is 0 Å². The maximum absolute atomic E-state index is 5.76. The van der Waals surface area contributed by atoms with Crippen molar-refractivity contribution in [1.29, 1.82) is 0 Å². The van der Waals surface area contributed by atoms with Gasteiger partial charge in [0, 0.05) is 5.69 Å². The van der Waals surface area contributed by atoms with E-state index in [4.69, 9.17) is 5.73 Å². The Morgan fingerprint density at radius 2 is 0.893 bits per heavy atom. The minimum atomic E-state index is 0.835. The second kappa shape index (κ2) is 14.3. The molecule has 1 nitrogen and oxygen atoms in total. The Morgan fingerprint density at radius 1 is 0.500 bits per heavy atom. The van der Waals surface area contributed by atoms with Crippen molar-refractivity contribution in [3.05, 3.63) is 65.2 Å². The molecule has 28 heavy (non-hydrogen) atoms. The van der Waals surface area contributed by atoms with Crippen LogP contribution in [0.15, 0.2) is 48.5 Å². The quantitative estimate of drug-likeness (QED) is 0.245. The van der Waals surface area contributed by atoms with Gasteiger partial charge in [-0.1, -0.05) is 114 Å². The van der Waals surface area contributed by atoms with Gasteiger partial charge < -0.3 is 5.73 Å². The molecule has 0 aliphatic carbocycles. The summed E-state index contributed by atoms with van der Waals surface area (Å²) in [5, 5.41) is 0. The Morgan fingerprint density at radius 3 is 1.39 bits per heavy atom. The highest BCUT2D eigenvalue weighted by molar-refractivity contribution is 5.40. The second-order valence-electron chi connectivity index (χ2n) is 8.37. The summed E-state index contributed by atoms with van der Waals surface area (Å²) in [5.41, 5.74) is 10.8. The van der Waals surface area contributed by atoms with Gasteiger partial charge in [-0.2, -0.15) is 0 Å². The Labute approximate surface area is 173 Å². The Hall–Kier alpha value is -1.76. The van der Waals surface area contributed by atoms with E-state index in [1.807, 2.05) is 12.1 Å². The van der Waals surface area contributed by atoms with Crippen LogP contribution < -0.4 is 5.73 Å². The zero-order valence-electron chi connectivity index (χ0n) is 18.1. The molecule has 0 aliphatic rings. The number of aryl methyl sites for hydroxylation is 1. The SMILES string of the molecule is CCCCCCCCCCCCCCc1ccc(Cc2ccc(N)cc2)cc1. The Balaban J connectivity index is 1.49. The van der Waals surface area contributed by atoms with Crippen LogP contribution in [0.2, 0.25) is 0 Å². The lowest BCUT2D eigenvalue weighted by Gasteiger charge is -2.06. The first-order valence-electron chi connectivity index (χ1n) is 11.7. The summed E-state index contributed by atoms with van der Waals surface area (Å²) in [6.07, 6.45) is 19.2. The molecule has 0 saturated heterocycles. The van der Waals surface area contributed by atoms with Crippen LogP contribution in [-0.2, 0) is 12.8 Å². The van der Waals surface area contributed by atoms with Crippen molar-refractivity contribution in [3.63, 3.8) is 0 Å². The third-order valence-corrected chi connectivity index (χ3v) is 5.73. The molecule has 2 aromatic carbocycles. The van der Waals surface area contributed by atoms with Crippen LogP contribution in [-0.4, -0.2) is 0 Å². The van der Waals surface area contributed by atoms with Gasteiger partial charge in [-0.05, 0) is 48.1 Å². The molecular weight excluding hydrogens is 338 g/mol. The van der Waals surface area contributed by atoms with Gasteiger partial charge in [-0.3, -0.25) is 0 Å². The molecule has 2 N–H and O–H groups in total. The van der Waals surface area contributed by atoms with Crippen molar-refractivity contribution >= 4 is 5.69 Å². The summed E-state index contributed by atoms with van der Waals surface area (Å²) in [5.74, 6) is 0. The molecule has 2 aromatic rings. The lowest BCUT2D eigenvalue weighted by Crippen LogP contribution is -1.91. The molecule has 0 saturated carbocycles. The number of nitrogen functional groups attached to an aromatic ring is 1. The maximum Gasteiger partial charge on any atom is 0.0314 e. The summed E-state index contributed by atoms with van der Waals surface area (Å²) >= 11 is 0. The van der Waals surface area contributed by atoms with Gasteiger partial charge in [0.25, 0.3) is 0 Å². The van der Waals surface area contributed by atoms with Crippen molar-refractivity contribution in [3.8, 4) is 0 Å².